The van der Waals surface area contributed by atoms with Crippen LogP contribution in [0.5, 0.6) is 0 Å². The van der Waals surface area contributed by atoms with E-state index in [-0.39, 0.29) is 22.1 Å². The van der Waals surface area contributed by atoms with Crippen molar-refractivity contribution in [1.82, 2.24) is 4.98 Å². The van der Waals surface area contributed by atoms with Gasteiger partial charge in [0.05, 0.1) is 11.3 Å². The molecular formula is C13H10ClF2N3O. The molecule has 1 aromatic heterocycles. The molecule has 0 fully saturated rings. The highest BCUT2D eigenvalue weighted by Gasteiger charge is 2.17. The summed E-state index contributed by atoms with van der Waals surface area (Å²) in [4.78, 5) is 15.7. The SMILES string of the molecule is CNc1nccc(C(=O)Nc2cc(Cl)ccc2F)c1F. The second kappa shape index (κ2) is 5.83. The topological polar surface area (TPSA) is 54.0 Å². The fourth-order valence-corrected chi connectivity index (χ4v) is 1.75. The first-order valence-electron chi connectivity index (χ1n) is 5.61. The van der Waals surface area contributed by atoms with Crippen LogP contribution in [0.25, 0.3) is 0 Å². The summed E-state index contributed by atoms with van der Waals surface area (Å²) >= 11 is 5.71. The van der Waals surface area contributed by atoms with Crippen LogP contribution in [0.1, 0.15) is 10.4 Å². The van der Waals surface area contributed by atoms with Crippen molar-refractivity contribution in [1.29, 1.82) is 0 Å². The number of nitrogens with one attached hydrogen (secondary N) is 2. The Morgan fingerprint density at radius 1 is 1.30 bits per heavy atom. The lowest BCUT2D eigenvalue weighted by Gasteiger charge is -2.09. The van der Waals surface area contributed by atoms with E-state index in [1.54, 1.807) is 0 Å². The van der Waals surface area contributed by atoms with E-state index in [1.165, 1.54) is 31.4 Å². The van der Waals surface area contributed by atoms with E-state index in [4.69, 9.17) is 11.6 Å². The standard InChI is InChI=1S/C13H10ClF2N3O/c1-17-12-11(16)8(4-5-18-12)13(20)19-10-6-7(14)2-3-9(10)15/h2-6H,1H3,(H,17,18)(H,19,20). The number of hydrogen-bond acceptors (Lipinski definition) is 3. The van der Waals surface area contributed by atoms with E-state index in [9.17, 15) is 13.6 Å². The van der Waals surface area contributed by atoms with Crippen LogP contribution in [-0.2, 0) is 0 Å². The zero-order valence-electron chi connectivity index (χ0n) is 10.4. The average Bonchev–Trinajstić information content (AvgIpc) is 2.43. The van der Waals surface area contributed by atoms with Gasteiger partial charge in [-0.2, -0.15) is 0 Å². The fourth-order valence-electron chi connectivity index (χ4n) is 1.58. The largest absolute Gasteiger partial charge is 0.371 e. The van der Waals surface area contributed by atoms with Crippen molar-refractivity contribution >= 4 is 29.0 Å². The number of rotatable bonds is 3. The lowest BCUT2D eigenvalue weighted by Crippen LogP contribution is -2.16. The van der Waals surface area contributed by atoms with Gasteiger partial charge in [0.1, 0.15) is 5.82 Å². The number of pyridine rings is 1. The van der Waals surface area contributed by atoms with Gasteiger partial charge in [0, 0.05) is 18.3 Å². The van der Waals surface area contributed by atoms with Crippen LogP contribution in [0, 0.1) is 11.6 Å². The molecule has 0 aliphatic rings. The predicted molar refractivity (Wildman–Crippen MR) is 73.1 cm³/mol. The molecule has 0 unspecified atom stereocenters. The Bertz CT molecular complexity index is 664. The molecule has 0 saturated carbocycles. The lowest BCUT2D eigenvalue weighted by molar-refractivity contribution is 0.102. The minimum absolute atomic E-state index is 0.0655. The summed E-state index contributed by atoms with van der Waals surface area (Å²) in [5.41, 5.74) is -0.367. The number of aromatic nitrogens is 1. The van der Waals surface area contributed by atoms with Gasteiger partial charge in [-0.15, -0.1) is 0 Å². The Morgan fingerprint density at radius 2 is 2.05 bits per heavy atom. The van der Waals surface area contributed by atoms with E-state index in [0.29, 0.717) is 0 Å². The normalized spacial score (nSPS) is 10.2. The van der Waals surface area contributed by atoms with Gasteiger partial charge < -0.3 is 10.6 Å². The van der Waals surface area contributed by atoms with Crippen molar-refractivity contribution in [2.24, 2.45) is 0 Å². The highest BCUT2D eigenvalue weighted by atomic mass is 35.5. The fraction of sp³-hybridized carbons (Fsp3) is 0.0769. The van der Waals surface area contributed by atoms with Gasteiger partial charge in [-0.25, -0.2) is 13.8 Å². The summed E-state index contributed by atoms with van der Waals surface area (Å²) in [6, 6.07) is 4.90. The number of carbonyl (C=O) groups is 1. The molecule has 1 amide bonds. The summed E-state index contributed by atoms with van der Waals surface area (Å²) in [6.45, 7) is 0. The average molecular weight is 298 g/mol. The number of carbonyl (C=O) groups excluding carboxylic acids is 1. The maximum atomic E-state index is 13.9. The number of amides is 1. The van der Waals surface area contributed by atoms with Gasteiger partial charge in [-0.05, 0) is 24.3 Å². The first-order chi connectivity index (χ1) is 9.52. The molecular weight excluding hydrogens is 288 g/mol. The summed E-state index contributed by atoms with van der Waals surface area (Å²) in [7, 11) is 1.48. The highest BCUT2D eigenvalue weighted by Crippen LogP contribution is 2.21. The van der Waals surface area contributed by atoms with E-state index in [1.807, 2.05) is 0 Å². The van der Waals surface area contributed by atoms with Gasteiger partial charge in [0.25, 0.3) is 5.91 Å². The van der Waals surface area contributed by atoms with Crippen molar-refractivity contribution in [2.45, 2.75) is 0 Å². The van der Waals surface area contributed by atoms with Crippen LogP contribution in [0.2, 0.25) is 5.02 Å². The summed E-state index contributed by atoms with van der Waals surface area (Å²) in [5, 5.41) is 5.04. The molecule has 4 nitrogen and oxygen atoms in total. The van der Waals surface area contributed by atoms with Gasteiger partial charge in [-0.3, -0.25) is 4.79 Å². The van der Waals surface area contributed by atoms with Crippen molar-refractivity contribution in [2.75, 3.05) is 17.7 Å². The van der Waals surface area contributed by atoms with Crippen LogP contribution in [0.4, 0.5) is 20.3 Å². The molecule has 0 aliphatic carbocycles. The monoisotopic (exact) mass is 297 g/mol. The first kappa shape index (κ1) is 14.2. The second-order valence-electron chi connectivity index (χ2n) is 3.85. The molecule has 20 heavy (non-hydrogen) atoms. The van der Waals surface area contributed by atoms with Crippen LogP contribution < -0.4 is 10.6 Å². The maximum Gasteiger partial charge on any atom is 0.258 e. The third kappa shape index (κ3) is 2.85. The minimum atomic E-state index is -0.810. The Morgan fingerprint density at radius 3 is 2.75 bits per heavy atom. The number of benzene rings is 1. The Hall–Kier alpha value is -2.21. The zero-order chi connectivity index (χ0) is 14.7. The molecule has 2 N–H and O–H groups in total. The van der Waals surface area contributed by atoms with Gasteiger partial charge in [-0.1, -0.05) is 11.6 Å². The van der Waals surface area contributed by atoms with Crippen molar-refractivity contribution in [3.8, 4) is 0 Å². The number of anilines is 2. The molecule has 1 heterocycles. The van der Waals surface area contributed by atoms with Gasteiger partial charge in [0.2, 0.25) is 0 Å². The highest BCUT2D eigenvalue weighted by molar-refractivity contribution is 6.31. The van der Waals surface area contributed by atoms with E-state index in [2.05, 4.69) is 15.6 Å². The third-order valence-corrected chi connectivity index (χ3v) is 2.78. The molecule has 7 heteroatoms. The summed E-state index contributed by atoms with van der Waals surface area (Å²) < 4.78 is 27.4. The maximum absolute atomic E-state index is 13.9. The minimum Gasteiger partial charge on any atom is -0.371 e. The van der Waals surface area contributed by atoms with Gasteiger partial charge >= 0.3 is 0 Å². The summed E-state index contributed by atoms with van der Waals surface area (Å²) in [6.07, 6.45) is 1.28. The molecule has 0 bridgehead atoms. The van der Waals surface area contributed by atoms with Crippen molar-refractivity contribution < 1.29 is 13.6 Å². The molecule has 0 atom stereocenters. The quantitative estimate of drug-likeness (QED) is 0.914. The molecule has 0 radical (unpaired) electrons. The predicted octanol–water partition coefficient (Wildman–Crippen LogP) is 3.31. The second-order valence-corrected chi connectivity index (χ2v) is 4.29. The van der Waals surface area contributed by atoms with Crippen LogP contribution in [-0.4, -0.2) is 17.9 Å². The van der Waals surface area contributed by atoms with E-state index >= 15 is 0 Å². The van der Waals surface area contributed by atoms with Crippen LogP contribution in [0.3, 0.4) is 0 Å². The molecule has 0 aliphatic heterocycles. The Kier molecular flexibility index (Phi) is 4.14. The number of halogens is 3. The third-order valence-electron chi connectivity index (χ3n) is 2.55. The van der Waals surface area contributed by atoms with Gasteiger partial charge in [0.15, 0.2) is 11.6 Å². The lowest BCUT2D eigenvalue weighted by atomic mass is 10.2. The number of nitrogens with zero attached hydrogens (tertiary/aromatic N) is 1. The van der Waals surface area contributed by atoms with Crippen LogP contribution >= 0.6 is 11.6 Å². The van der Waals surface area contributed by atoms with E-state index in [0.717, 1.165) is 6.07 Å². The Balaban J connectivity index is 2.31. The molecule has 2 rings (SSSR count). The summed E-state index contributed by atoms with van der Waals surface area (Å²) in [5.74, 6) is -2.33. The van der Waals surface area contributed by atoms with E-state index < -0.39 is 17.5 Å². The smallest absolute Gasteiger partial charge is 0.258 e. The number of hydrogen-bond donors (Lipinski definition) is 2. The molecule has 104 valence electrons. The molecule has 1 aromatic carbocycles. The molecule has 0 saturated heterocycles. The van der Waals surface area contributed by atoms with Crippen LogP contribution in [0.15, 0.2) is 30.5 Å². The molecule has 0 spiro atoms. The zero-order valence-corrected chi connectivity index (χ0v) is 11.1. The first-order valence-corrected chi connectivity index (χ1v) is 5.99. The Labute approximate surface area is 118 Å². The van der Waals surface area contributed by atoms with Crippen molar-refractivity contribution in [3.05, 3.63) is 52.7 Å². The molecule has 2 aromatic rings. The van der Waals surface area contributed by atoms with Crippen molar-refractivity contribution in [3.63, 3.8) is 0 Å².